The summed E-state index contributed by atoms with van der Waals surface area (Å²) in [6.45, 7) is 0. The van der Waals surface area contributed by atoms with Crippen molar-refractivity contribution in [2.45, 2.75) is 6.42 Å². The quantitative estimate of drug-likeness (QED) is 0.496. The SMILES string of the molecule is N#CC1(C#N)C2=C(C2)C1(C#N)C#N. The summed E-state index contributed by atoms with van der Waals surface area (Å²) >= 11 is 0. The average Bonchev–Trinajstić information content (AvgIpc) is 2.88. The molecule has 0 saturated heterocycles. The molecule has 4 nitrogen and oxygen atoms in total. The molecule has 2 aliphatic rings. The van der Waals surface area contributed by atoms with Gasteiger partial charge in [0.2, 0.25) is 10.8 Å². The molecule has 0 bridgehead atoms. The van der Waals surface area contributed by atoms with E-state index in [-0.39, 0.29) is 0 Å². The Bertz CT molecular complexity index is 424. The third kappa shape index (κ3) is 0.427. The van der Waals surface area contributed by atoms with Gasteiger partial charge in [0.1, 0.15) is 0 Å². The van der Waals surface area contributed by atoms with Gasteiger partial charge in [0.15, 0.2) is 0 Å². The maximum Gasteiger partial charge on any atom is 0.200 e. The number of nitriles is 4. The van der Waals surface area contributed by atoms with Crippen molar-refractivity contribution in [3.05, 3.63) is 11.1 Å². The molecule has 0 saturated carbocycles. The van der Waals surface area contributed by atoms with Gasteiger partial charge in [-0.1, -0.05) is 0 Å². The highest BCUT2D eigenvalue weighted by Crippen LogP contribution is 2.71. The Morgan fingerprint density at radius 3 is 1.31 bits per heavy atom. The van der Waals surface area contributed by atoms with Crippen LogP contribution in [-0.2, 0) is 0 Å². The second-order valence-electron chi connectivity index (χ2n) is 3.08. The first-order valence-electron chi connectivity index (χ1n) is 3.60. The van der Waals surface area contributed by atoms with Crippen LogP contribution in [0.5, 0.6) is 0 Å². The molecule has 0 aromatic carbocycles. The summed E-state index contributed by atoms with van der Waals surface area (Å²) in [5.74, 6) is 0. The Labute approximate surface area is 74.5 Å². The Kier molecular flexibility index (Phi) is 0.969. The van der Waals surface area contributed by atoms with Crippen molar-refractivity contribution in [2.75, 3.05) is 0 Å². The minimum Gasteiger partial charge on any atom is -0.196 e. The van der Waals surface area contributed by atoms with Crippen LogP contribution in [-0.4, -0.2) is 0 Å². The monoisotopic (exact) mass is 166 g/mol. The van der Waals surface area contributed by atoms with Crippen LogP contribution >= 0.6 is 0 Å². The van der Waals surface area contributed by atoms with Gasteiger partial charge in [-0.3, -0.25) is 0 Å². The number of rotatable bonds is 0. The zero-order chi connectivity index (χ0) is 9.69. The summed E-state index contributed by atoms with van der Waals surface area (Å²) in [6.07, 6.45) is 0.502. The lowest BCUT2D eigenvalue weighted by Crippen LogP contribution is -2.41. The van der Waals surface area contributed by atoms with Crippen molar-refractivity contribution >= 4 is 0 Å². The molecule has 0 unspecified atom stereocenters. The van der Waals surface area contributed by atoms with E-state index in [4.69, 9.17) is 21.0 Å². The van der Waals surface area contributed by atoms with E-state index >= 15 is 0 Å². The summed E-state index contributed by atoms with van der Waals surface area (Å²) < 4.78 is 0. The summed E-state index contributed by atoms with van der Waals surface area (Å²) in [5.41, 5.74) is -1.60. The highest BCUT2D eigenvalue weighted by molar-refractivity contribution is 5.72. The van der Waals surface area contributed by atoms with E-state index in [9.17, 15) is 0 Å². The van der Waals surface area contributed by atoms with Gasteiger partial charge in [0, 0.05) is 0 Å². The summed E-state index contributed by atoms with van der Waals surface area (Å²) in [7, 11) is 0. The third-order valence-corrected chi connectivity index (χ3v) is 2.73. The van der Waals surface area contributed by atoms with E-state index in [2.05, 4.69) is 0 Å². The molecule has 0 N–H and O–H groups in total. The first kappa shape index (κ1) is 7.35. The molecule has 0 fully saturated rings. The molecule has 0 heterocycles. The van der Waals surface area contributed by atoms with Crippen LogP contribution in [0, 0.1) is 56.2 Å². The van der Waals surface area contributed by atoms with E-state index in [1.54, 1.807) is 24.3 Å². The summed E-state index contributed by atoms with van der Waals surface area (Å²) in [5, 5.41) is 35.3. The number of hydrogen-bond donors (Lipinski definition) is 0. The molecule has 0 aromatic heterocycles. The first-order valence-corrected chi connectivity index (χ1v) is 3.60. The fourth-order valence-electron chi connectivity index (χ4n) is 1.90. The highest BCUT2D eigenvalue weighted by atomic mass is 14.7. The Balaban J connectivity index is 2.68. The first-order chi connectivity index (χ1) is 6.22. The average molecular weight is 166 g/mol. The van der Waals surface area contributed by atoms with E-state index in [1.165, 1.54) is 0 Å². The maximum absolute atomic E-state index is 8.82. The third-order valence-electron chi connectivity index (χ3n) is 2.73. The molecule has 0 amide bonds. The van der Waals surface area contributed by atoms with Crippen molar-refractivity contribution < 1.29 is 0 Å². The molecule has 0 aliphatic heterocycles. The highest BCUT2D eigenvalue weighted by Gasteiger charge is 2.75. The minimum absolute atomic E-state index is 0.502. The summed E-state index contributed by atoms with van der Waals surface area (Å²) in [4.78, 5) is 0. The van der Waals surface area contributed by atoms with Gasteiger partial charge in [-0.25, -0.2) is 0 Å². The van der Waals surface area contributed by atoms with Crippen molar-refractivity contribution in [2.24, 2.45) is 10.8 Å². The Morgan fingerprint density at radius 1 is 0.769 bits per heavy atom. The van der Waals surface area contributed by atoms with Crippen LogP contribution in [0.2, 0.25) is 0 Å². The van der Waals surface area contributed by atoms with E-state index in [1.807, 2.05) is 0 Å². The second-order valence-corrected chi connectivity index (χ2v) is 3.08. The number of nitrogens with zero attached hydrogens (tertiary/aromatic N) is 4. The smallest absolute Gasteiger partial charge is 0.196 e. The van der Waals surface area contributed by atoms with Crippen molar-refractivity contribution in [1.82, 2.24) is 0 Å². The van der Waals surface area contributed by atoms with Crippen molar-refractivity contribution in [3.63, 3.8) is 0 Å². The van der Waals surface area contributed by atoms with Crippen LogP contribution in [0.4, 0.5) is 0 Å². The Morgan fingerprint density at radius 2 is 1.08 bits per heavy atom. The normalized spacial score (nSPS) is 23.7. The van der Waals surface area contributed by atoms with Crippen LogP contribution in [0.25, 0.3) is 0 Å². The zero-order valence-corrected chi connectivity index (χ0v) is 6.50. The molecule has 2 aliphatic carbocycles. The number of allylic oxidation sites excluding steroid dienone is 2. The molecule has 4 heteroatoms. The van der Waals surface area contributed by atoms with Crippen LogP contribution in [0.1, 0.15) is 6.42 Å². The van der Waals surface area contributed by atoms with Crippen molar-refractivity contribution in [3.8, 4) is 24.3 Å². The van der Waals surface area contributed by atoms with Crippen molar-refractivity contribution in [1.29, 1.82) is 21.0 Å². The van der Waals surface area contributed by atoms with E-state index in [0.29, 0.717) is 17.6 Å². The second kappa shape index (κ2) is 1.71. The lowest BCUT2D eigenvalue weighted by atomic mass is 9.58. The molecule has 58 valence electrons. The van der Waals surface area contributed by atoms with Gasteiger partial charge in [-0.05, 0) is 17.6 Å². The van der Waals surface area contributed by atoms with Gasteiger partial charge in [-0.15, -0.1) is 0 Å². The molecule has 2 rings (SSSR count). The molecular formula is C9H2N4. The fourth-order valence-corrected chi connectivity index (χ4v) is 1.90. The predicted molar refractivity (Wildman–Crippen MR) is 39.0 cm³/mol. The fraction of sp³-hybridized carbons (Fsp3) is 0.333. The predicted octanol–water partition coefficient (Wildman–Crippen LogP) is 0.767. The molecule has 0 aromatic rings. The van der Waals surface area contributed by atoms with Gasteiger partial charge in [0.25, 0.3) is 0 Å². The van der Waals surface area contributed by atoms with E-state index in [0.717, 1.165) is 0 Å². The molecule has 0 spiro atoms. The lowest BCUT2D eigenvalue weighted by molar-refractivity contribution is 0.401. The summed E-state index contributed by atoms with van der Waals surface area (Å²) in [6, 6.07) is 7.14. The lowest BCUT2D eigenvalue weighted by Gasteiger charge is -2.32. The van der Waals surface area contributed by atoms with E-state index < -0.39 is 10.8 Å². The van der Waals surface area contributed by atoms with Crippen LogP contribution in [0.3, 0.4) is 0 Å². The zero-order valence-electron chi connectivity index (χ0n) is 6.50. The largest absolute Gasteiger partial charge is 0.200 e. The Hall–Kier alpha value is -2.30. The molecular weight excluding hydrogens is 164 g/mol. The minimum atomic E-state index is -1.48. The van der Waals surface area contributed by atoms with Gasteiger partial charge >= 0.3 is 0 Å². The van der Waals surface area contributed by atoms with Gasteiger partial charge in [-0.2, -0.15) is 21.0 Å². The molecule has 0 radical (unpaired) electrons. The standard InChI is InChI=1S/C9H2N4/c10-2-8(3-11)6-1-7(6)9(8,4-12)5-13/h1H2. The molecule has 0 atom stereocenters. The maximum atomic E-state index is 8.82. The molecule has 13 heavy (non-hydrogen) atoms. The number of hydrogen-bond acceptors (Lipinski definition) is 4. The van der Waals surface area contributed by atoms with Crippen LogP contribution < -0.4 is 0 Å². The van der Waals surface area contributed by atoms with Crippen LogP contribution in [0.15, 0.2) is 11.1 Å². The van der Waals surface area contributed by atoms with Gasteiger partial charge < -0.3 is 0 Å². The van der Waals surface area contributed by atoms with Gasteiger partial charge in [0.05, 0.1) is 24.3 Å². The topological polar surface area (TPSA) is 95.2 Å².